The van der Waals surface area contributed by atoms with Crippen LogP contribution in [0.15, 0.2) is 64.5 Å². The fraction of sp³-hybridized carbons (Fsp3) is 0.0625. The highest BCUT2D eigenvalue weighted by Gasteiger charge is 2.19. The van der Waals surface area contributed by atoms with Gasteiger partial charge >= 0.3 is 0 Å². The predicted molar refractivity (Wildman–Crippen MR) is 97.1 cm³/mol. The van der Waals surface area contributed by atoms with Crippen LogP contribution in [-0.2, 0) is 19.9 Å². The van der Waals surface area contributed by atoms with Gasteiger partial charge < -0.3 is 0 Å². The van der Waals surface area contributed by atoms with Gasteiger partial charge in [-0.05, 0) is 48.5 Å². The van der Waals surface area contributed by atoms with E-state index in [0.29, 0.717) is 15.9 Å². The second-order valence-electron chi connectivity index (χ2n) is 5.35. The number of nitrogens with zero attached hydrogens (tertiary/aromatic N) is 1. The van der Waals surface area contributed by atoms with Gasteiger partial charge in [0.05, 0.1) is 20.3 Å². The van der Waals surface area contributed by atoms with Gasteiger partial charge in [0.1, 0.15) is 0 Å². The molecule has 3 rings (SSSR count). The summed E-state index contributed by atoms with van der Waals surface area (Å²) in [5.41, 5.74) is 0.638. The average molecular weight is 397 g/mol. The van der Waals surface area contributed by atoms with Crippen LogP contribution in [0.3, 0.4) is 0 Å². The summed E-state index contributed by atoms with van der Waals surface area (Å²) >= 11 is 6.06. The molecule has 0 amide bonds. The van der Waals surface area contributed by atoms with Crippen molar-refractivity contribution in [1.82, 2.24) is 4.98 Å². The molecule has 0 atom stereocenters. The molecule has 0 saturated carbocycles. The number of pyridine rings is 1. The summed E-state index contributed by atoms with van der Waals surface area (Å²) < 4.78 is 50.8. The molecule has 25 heavy (non-hydrogen) atoms. The van der Waals surface area contributed by atoms with Crippen LogP contribution in [0.2, 0.25) is 5.02 Å². The molecule has 9 heteroatoms. The quantitative estimate of drug-likeness (QED) is 0.731. The number of sulfone groups is 1. The zero-order valence-electron chi connectivity index (χ0n) is 13.0. The van der Waals surface area contributed by atoms with E-state index in [0.717, 1.165) is 6.26 Å². The smallest absolute Gasteiger partial charge is 0.262 e. The summed E-state index contributed by atoms with van der Waals surface area (Å²) in [4.78, 5) is 4.25. The number of hydrogen-bond donors (Lipinski definition) is 1. The summed E-state index contributed by atoms with van der Waals surface area (Å²) in [5, 5.41) is 0.752. The lowest BCUT2D eigenvalue weighted by molar-refractivity contribution is 0.600. The highest BCUT2D eigenvalue weighted by atomic mass is 35.5. The molecule has 3 aromatic rings. The van der Waals surface area contributed by atoms with Gasteiger partial charge in [-0.1, -0.05) is 11.6 Å². The maximum atomic E-state index is 12.7. The van der Waals surface area contributed by atoms with E-state index in [1.165, 1.54) is 42.6 Å². The number of nitrogens with one attached hydrogen (secondary N) is 1. The summed E-state index contributed by atoms with van der Waals surface area (Å²) in [5.74, 6) is 0. The summed E-state index contributed by atoms with van der Waals surface area (Å²) in [6.07, 6.45) is 2.61. The first-order valence-electron chi connectivity index (χ1n) is 7.05. The molecule has 1 N–H and O–H groups in total. The average Bonchev–Trinajstić information content (AvgIpc) is 2.54. The number of hydrogen-bond acceptors (Lipinski definition) is 5. The van der Waals surface area contributed by atoms with Crippen LogP contribution in [0.4, 0.5) is 5.69 Å². The summed E-state index contributed by atoms with van der Waals surface area (Å²) in [6.45, 7) is 0. The van der Waals surface area contributed by atoms with Gasteiger partial charge in [0.2, 0.25) is 0 Å². The maximum Gasteiger partial charge on any atom is 0.262 e. The number of benzene rings is 2. The van der Waals surface area contributed by atoms with E-state index < -0.39 is 19.9 Å². The summed E-state index contributed by atoms with van der Waals surface area (Å²) in [7, 11) is -7.25. The molecule has 0 radical (unpaired) electrons. The standard InChI is InChI=1S/C16H13ClN2O4S2/c1-24(20,21)12-6-4-11(5-7-12)19-25(22,23)15-9-8-14(17)16-13(15)3-2-10-18-16/h2-10,19H,1H3. The van der Waals surface area contributed by atoms with Crippen molar-refractivity contribution in [2.45, 2.75) is 9.79 Å². The van der Waals surface area contributed by atoms with Gasteiger partial charge in [-0.3, -0.25) is 9.71 Å². The Hall–Kier alpha value is -2.16. The van der Waals surface area contributed by atoms with Gasteiger partial charge in [-0.2, -0.15) is 0 Å². The molecule has 0 aliphatic carbocycles. The van der Waals surface area contributed by atoms with Gasteiger partial charge in [-0.15, -0.1) is 0 Å². The van der Waals surface area contributed by atoms with E-state index in [1.807, 2.05) is 0 Å². The number of halogens is 1. The SMILES string of the molecule is CS(=O)(=O)c1ccc(NS(=O)(=O)c2ccc(Cl)c3ncccc23)cc1. The molecule has 0 spiro atoms. The molecule has 0 aliphatic heterocycles. The van der Waals surface area contributed by atoms with E-state index in [9.17, 15) is 16.8 Å². The molecule has 1 heterocycles. The van der Waals surface area contributed by atoms with Crippen molar-refractivity contribution in [1.29, 1.82) is 0 Å². The van der Waals surface area contributed by atoms with Crippen LogP contribution in [0.5, 0.6) is 0 Å². The Bertz CT molecular complexity index is 1160. The topological polar surface area (TPSA) is 93.2 Å². The number of anilines is 1. The van der Waals surface area contributed by atoms with E-state index in [2.05, 4.69) is 9.71 Å². The van der Waals surface area contributed by atoms with Gasteiger partial charge in [0.15, 0.2) is 9.84 Å². The lowest BCUT2D eigenvalue weighted by Gasteiger charge is -2.11. The van der Waals surface area contributed by atoms with E-state index in [1.54, 1.807) is 12.1 Å². The Balaban J connectivity index is 2.02. The van der Waals surface area contributed by atoms with Crippen LogP contribution in [0, 0.1) is 0 Å². The second-order valence-corrected chi connectivity index (χ2v) is 9.42. The van der Waals surface area contributed by atoms with Crippen molar-refractivity contribution in [3.8, 4) is 0 Å². The van der Waals surface area contributed by atoms with Crippen LogP contribution in [-0.4, -0.2) is 28.1 Å². The van der Waals surface area contributed by atoms with Crippen LogP contribution in [0.1, 0.15) is 0 Å². The lowest BCUT2D eigenvalue weighted by Crippen LogP contribution is -2.13. The maximum absolute atomic E-state index is 12.7. The number of aromatic nitrogens is 1. The molecule has 0 aliphatic rings. The van der Waals surface area contributed by atoms with E-state index >= 15 is 0 Å². The number of rotatable bonds is 4. The van der Waals surface area contributed by atoms with E-state index in [-0.39, 0.29) is 15.5 Å². The minimum absolute atomic E-state index is 0.0344. The van der Waals surface area contributed by atoms with E-state index in [4.69, 9.17) is 11.6 Å². The molecular weight excluding hydrogens is 384 g/mol. The van der Waals surface area contributed by atoms with Crippen molar-refractivity contribution < 1.29 is 16.8 Å². The molecular formula is C16H13ClN2O4S2. The largest absolute Gasteiger partial charge is 0.280 e. The van der Waals surface area contributed by atoms with Gasteiger partial charge in [-0.25, -0.2) is 16.8 Å². The second kappa shape index (κ2) is 6.29. The first-order valence-corrected chi connectivity index (χ1v) is 10.8. The first-order chi connectivity index (χ1) is 11.7. The summed E-state index contributed by atoms with van der Waals surface area (Å²) in [6, 6.07) is 11.6. The van der Waals surface area contributed by atoms with Crippen LogP contribution >= 0.6 is 11.6 Å². The third kappa shape index (κ3) is 3.60. The highest BCUT2D eigenvalue weighted by molar-refractivity contribution is 7.93. The highest BCUT2D eigenvalue weighted by Crippen LogP contribution is 2.29. The minimum atomic E-state index is -3.90. The zero-order chi connectivity index (χ0) is 18.2. The Labute approximate surface area is 150 Å². The van der Waals surface area contributed by atoms with Gasteiger partial charge in [0.25, 0.3) is 10.0 Å². The van der Waals surface area contributed by atoms with Crippen molar-refractivity contribution in [2.24, 2.45) is 0 Å². The molecule has 6 nitrogen and oxygen atoms in total. The Morgan fingerprint density at radius 1 is 0.960 bits per heavy atom. The van der Waals surface area contributed by atoms with Crippen molar-refractivity contribution >= 4 is 48.1 Å². The third-order valence-corrected chi connectivity index (χ3v) is 6.38. The van der Waals surface area contributed by atoms with Crippen molar-refractivity contribution in [2.75, 3.05) is 11.0 Å². The predicted octanol–water partition coefficient (Wildman–Crippen LogP) is 3.09. The number of sulfonamides is 1. The zero-order valence-corrected chi connectivity index (χ0v) is 15.4. The monoisotopic (exact) mass is 396 g/mol. The first kappa shape index (κ1) is 17.7. The minimum Gasteiger partial charge on any atom is -0.280 e. The Morgan fingerprint density at radius 2 is 1.64 bits per heavy atom. The molecule has 1 aromatic heterocycles. The molecule has 130 valence electrons. The fourth-order valence-electron chi connectivity index (χ4n) is 2.33. The van der Waals surface area contributed by atoms with Gasteiger partial charge in [0, 0.05) is 23.5 Å². The normalized spacial score (nSPS) is 12.2. The molecule has 2 aromatic carbocycles. The Morgan fingerprint density at radius 3 is 2.28 bits per heavy atom. The van der Waals surface area contributed by atoms with Crippen LogP contribution < -0.4 is 4.72 Å². The third-order valence-electron chi connectivity index (χ3n) is 3.50. The molecule has 0 saturated heterocycles. The molecule has 0 fully saturated rings. The molecule has 0 bridgehead atoms. The van der Waals surface area contributed by atoms with Crippen molar-refractivity contribution in [3.63, 3.8) is 0 Å². The fourth-order valence-corrected chi connectivity index (χ4v) is 4.43. The lowest BCUT2D eigenvalue weighted by atomic mass is 10.2. The van der Waals surface area contributed by atoms with Crippen molar-refractivity contribution in [3.05, 3.63) is 59.8 Å². The molecule has 0 unspecified atom stereocenters. The number of fused-ring (bicyclic) bond motifs is 1. The van der Waals surface area contributed by atoms with Crippen LogP contribution in [0.25, 0.3) is 10.9 Å². The Kier molecular flexibility index (Phi) is 4.44.